The Morgan fingerprint density at radius 2 is 1.07 bits per heavy atom. The second-order valence-electron chi connectivity index (χ2n) is 10.8. The normalized spacial score (nSPS) is 9.63. The van der Waals surface area contributed by atoms with E-state index in [2.05, 4.69) is 15.0 Å². The van der Waals surface area contributed by atoms with Gasteiger partial charge in [0.05, 0.1) is 6.61 Å². The van der Waals surface area contributed by atoms with Crippen LogP contribution in [0.1, 0.15) is 58.3 Å². The number of ketones is 3. The molecule has 0 saturated carbocycles. The maximum Gasteiger partial charge on any atom is 0.313 e. The number of hydrogen-bond acceptors (Lipinski definition) is 11. The van der Waals surface area contributed by atoms with Crippen molar-refractivity contribution in [3.63, 3.8) is 0 Å². The molecule has 0 saturated heterocycles. The van der Waals surface area contributed by atoms with Crippen LogP contribution >= 0.6 is 11.6 Å². The average Bonchev–Trinajstić information content (AvgIpc) is 3.17. The van der Waals surface area contributed by atoms with Crippen molar-refractivity contribution in [2.75, 3.05) is 6.61 Å². The van der Waals surface area contributed by atoms with Gasteiger partial charge in [0, 0.05) is 47.4 Å². The smallest absolute Gasteiger partial charge is 0.313 e. The van der Waals surface area contributed by atoms with Crippen LogP contribution in [0.3, 0.4) is 0 Å². The summed E-state index contributed by atoms with van der Waals surface area (Å²) in [5, 5.41) is 9.45. The van der Waals surface area contributed by atoms with Gasteiger partial charge in [0.1, 0.15) is 28.8 Å². The van der Waals surface area contributed by atoms with Crippen molar-refractivity contribution in [3.05, 3.63) is 168 Å². The monoisotopic (exact) mass is 747 g/mol. The molecule has 0 fully saturated rings. The van der Waals surface area contributed by atoms with E-state index in [-0.39, 0.29) is 36.1 Å². The standard InChI is InChI=1S/C16H15NO4.C13H11NO2.C8H8O2.C5H4ClN/c1-2-20-16(19)11-14(18)12-6-5-7-13(10-12)21-15-8-3-4-9-17-15;1-10(15)11-5-4-6-12(9-11)16-13-7-2-3-8-14-13;1-6(9)7-3-2-4-8(10)5-7;6-5-3-1-2-4-7-5/h3-10H,2,11H2,1H3;2-9H,1H3;2-5,10H,1H3;1-4H. The molecule has 0 radical (unpaired) electrons. The van der Waals surface area contributed by atoms with Crippen LogP contribution < -0.4 is 9.47 Å². The first-order valence-electron chi connectivity index (χ1n) is 16.5. The predicted molar refractivity (Wildman–Crippen MR) is 204 cm³/mol. The molecule has 54 heavy (non-hydrogen) atoms. The first-order valence-corrected chi connectivity index (χ1v) is 16.9. The van der Waals surface area contributed by atoms with Crippen LogP contribution in [0.15, 0.2) is 146 Å². The Morgan fingerprint density at radius 1 is 0.593 bits per heavy atom. The third-order valence-corrected chi connectivity index (χ3v) is 6.83. The summed E-state index contributed by atoms with van der Waals surface area (Å²) in [6, 6.07) is 36.1. The highest BCUT2D eigenvalue weighted by atomic mass is 35.5. The molecule has 0 aliphatic heterocycles. The second-order valence-corrected chi connectivity index (χ2v) is 11.2. The number of nitrogens with zero attached hydrogens (tertiary/aromatic N) is 3. The summed E-state index contributed by atoms with van der Waals surface area (Å²) in [6.45, 7) is 4.95. The van der Waals surface area contributed by atoms with Crippen molar-refractivity contribution in [3.8, 4) is 29.0 Å². The minimum atomic E-state index is -0.529. The third-order valence-electron chi connectivity index (χ3n) is 6.61. The average molecular weight is 748 g/mol. The van der Waals surface area contributed by atoms with E-state index in [9.17, 15) is 19.2 Å². The van der Waals surface area contributed by atoms with Crippen molar-refractivity contribution >= 4 is 34.9 Å². The molecule has 0 spiro atoms. The summed E-state index contributed by atoms with van der Waals surface area (Å²) in [5.74, 6) is 1.35. The lowest BCUT2D eigenvalue weighted by molar-refractivity contribution is -0.141. The Kier molecular flexibility index (Phi) is 17.7. The first kappa shape index (κ1) is 41.7. The van der Waals surface area contributed by atoms with Crippen molar-refractivity contribution in [2.24, 2.45) is 0 Å². The van der Waals surface area contributed by atoms with Crippen LogP contribution in [-0.2, 0) is 9.53 Å². The van der Waals surface area contributed by atoms with Crippen molar-refractivity contribution < 1.29 is 38.5 Å². The molecule has 11 nitrogen and oxygen atoms in total. The van der Waals surface area contributed by atoms with E-state index in [1.54, 1.807) is 117 Å². The topological polar surface area (TPSA) is 155 Å². The minimum absolute atomic E-state index is 0.0199. The fraction of sp³-hybridized carbons (Fsp3) is 0.119. The summed E-state index contributed by atoms with van der Waals surface area (Å²) >= 11 is 5.43. The van der Waals surface area contributed by atoms with E-state index >= 15 is 0 Å². The van der Waals surface area contributed by atoms with Crippen LogP contribution in [-0.4, -0.2) is 50.0 Å². The largest absolute Gasteiger partial charge is 0.508 e. The van der Waals surface area contributed by atoms with E-state index in [0.29, 0.717) is 45.1 Å². The summed E-state index contributed by atoms with van der Waals surface area (Å²) in [5.41, 5.74) is 1.57. The highest BCUT2D eigenvalue weighted by molar-refractivity contribution is 6.29. The van der Waals surface area contributed by atoms with Crippen LogP contribution in [0.25, 0.3) is 0 Å². The maximum absolute atomic E-state index is 12.0. The Morgan fingerprint density at radius 3 is 1.48 bits per heavy atom. The zero-order chi connectivity index (χ0) is 39.1. The molecule has 0 bridgehead atoms. The summed E-state index contributed by atoms with van der Waals surface area (Å²) < 4.78 is 15.8. The SMILES string of the molecule is CC(=O)c1cccc(O)c1.CC(=O)c1cccc(Oc2ccccn2)c1.CCOC(=O)CC(=O)c1cccc(Oc2ccccn2)c1.Clc1ccccn1. The van der Waals surface area contributed by atoms with Crippen molar-refractivity contribution in [1.82, 2.24) is 15.0 Å². The lowest BCUT2D eigenvalue weighted by Crippen LogP contribution is -2.11. The summed E-state index contributed by atoms with van der Waals surface area (Å²) in [6.07, 6.45) is 4.65. The zero-order valence-electron chi connectivity index (χ0n) is 29.8. The Balaban J connectivity index is 0.000000209. The van der Waals surface area contributed by atoms with E-state index in [1.807, 2.05) is 24.3 Å². The lowest BCUT2D eigenvalue weighted by Gasteiger charge is -2.06. The Labute approximate surface area is 318 Å². The Bertz CT molecular complexity index is 2080. The molecule has 1 N–H and O–H groups in total. The van der Waals surface area contributed by atoms with Gasteiger partial charge in [-0.1, -0.05) is 66.2 Å². The number of halogens is 1. The number of benzene rings is 3. The second kappa shape index (κ2) is 23.0. The number of carbonyl (C=O) groups excluding carboxylic acids is 4. The number of phenols is 1. The molecule has 3 heterocycles. The quantitative estimate of drug-likeness (QED) is 0.0617. The molecular weight excluding hydrogens is 710 g/mol. The predicted octanol–water partition coefficient (Wildman–Crippen LogP) is 9.42. The van der Waals surface area contributed by atoms with Crippen LogP contribution in [0, 0.1) is 0 Å². The number of carbonyl (C=O) groups is 4. The molecule has 3 aromatic carbocycles. The molecule has 12 heteroatoms. The fourth-order valence-corrected chi connectivity index (χ4v) is 4.21. The van der Waals surface area contributed by atoms with E-state index < -0.39 is 5.97 Å². The van der Waals surface area contributed by atoms with Gasteiger partial charge in [0.2, 0.25) is 11.8 Å². The molecule has 0 amide bonds. The number of aromatic hydroxyl groups is 1. The van der Waals surface area contributed by atoms with Crippen LogP contribution in [0.4, 0.5) is 0 Å². The molecule has 0 aliphatic rings. The van der Waals surface area contributed by atoms with Gasteiger partial charge in [-0.25, -0.2) is 15.0 Å². The molecule has 0 aliphatic carbocycles. The summed E-state index contributed by atoms with van der Waals surface area (Å²) in [7, 11) is 0. The zero-order valence-corrected chi connectivity index (χ0v) is 30.6. The van der Waals surface area contributed by atoms with Gasteiger partial charge < -0.3 is 19.3 Å². The number of phenolic OH excluding ortho intramolecular Hbond substituents is 1. The highest BCUT2D eigenvalue weighted by Crippen LogP contribution is 2.22. The van der Waals surface area contributed by atoms with Gasteiger partial charge in [-0.2, -0.15) is 0 Å². The van der Waals surface area contributed by atoms with Gasteiger partial charge in [-0.3, -0.25) is 19.2 Å². The molecule has 276 valence electrons. The molecule has 3 aromatic heterocycles. The number of ether oxygens (including phenoxy) is 3. The number of aromatic nitrogens is 3. The van der Waals surface area contributed by atoms with Crippen LogP contribution in [0.2, 0.25) is 5.15 Å². The third kappa shape index (κ3) is 16.1. The molecule has 0 atom stereocenters. The number of hydrogen-bond donors (Lipinski definition) is 1. The Hall–Kier alpha value is -6.72. The van der Waals surface area contributed by atoms with E-state index in [4.69, 9.17) is 30.9 Å². The maximum atomic E-state index is 12.0. The van der Waals surface area contributed by atoms with Crippen molar-refractivity contribution in [1.29, 1.82) is 0 Å². The van der Waals surface area contributed by atoms with E-state index in [0.717, 1.165) is 0 Å². The van der Waals surface area contributed by atoms with Gasteiger partial charge in [-0.05, 0) is 81.4 Å². The highest BCUT2D eigenvalue weighted by Gasteiger charge is 2.13. The lowest BCUT2D eigenvalue weighted by atomic mass is 10.1. The fourth-order valence-electron chi connectivity index (χ4n) is 4.08. The number of rotatable bonds is 10. The minimum Gasteiger partial charge on any atom is -0.508 e. The van der Waals surface area contributed by atoms with Crippen molar-refractivity contribution in [2.45, 2.75) is 27.2 Å². The number of esters is 1. The number of Topliss-reactive ketones (excluding diaryl/α,β-unsaturated/α-hetero) is 3. The molecule has 6 rings (SSSR count). The van der Waals surface area contributed by atoms with E-state index in [1.165, 1.54) is 26.0 Å². The van der Waals surface area contributed by atoms with Gasteiger partial charge in [0.25, 0.3) is 0 Å². The first-order chi connectivity index (χ1) is 26.0. The van der Waals surface area contributed by atoms with Gasteiger partial charge >= 0.3 is 5.97 Å². The molecular formula is C42H38ClN3O8. The summed E-state index contributed by atoms with van der Waals surface area (Å²) in [4.78, 5) is 57.0. The van der Waals surface area contributed by atoms with Crippen LogP contribution in [0.5, 0.6) is 29.0 Å². The number of pyridine rings is 3. The molecule has 0 unspecified atom stereocenters. The van der Waals surface area contributed by atoms with Gasteiger partial charge in [0.15, 0.2) is 17.3 Å². The molecule has 6 aromatic rings. The van der Waals surface area contributed by atoms with Gasteiger partial charge in [-0.15, -0.1) is 0 Å².